The highest BCUT2D eigenvalue weighted by Gasteiger charge is 2.07. The zero-order valence-corrected chi connectivity index (χ0v) is 15.9. The minimum absolute atomic E-state index is 0.249. The van der Waals surface area contributed by atoms with Gasteiger partial charge in [-0.1, -0.05) is 46.4 Å². The van der Waals surface area contributed by atoms with Gasteiger partial charge in [-0.15, -0.1) is 0 Å². The summed E-state index contributed by atoms with van der Waals surface area (Å²) in [7, 11) is 0. The Kier molecular flexibility index (Phi) is 8.42. The summed E-state index contributed by atoms with van der Waals surface area (Å²) in [6.45, 7) is 4.54. The third-order valence-electron chi connectivity index (χ3n) is 2.82. The molecule has 0 unspecified atom stereocenters. The fraction of sp³-hybridized carbons (Fsp3) is 0.200. The SMILES string of the molecule is CCNc1cc(Cl)nc(Cl)c1C=N.Cc1cc(Cl)nc(Cl)c1C=N. The maximum atomic E-state index is 7.14. The molecule has 0 fully saturated rings. The second-order valence-corrected chi connectivity index (χ2v) is 5.97. The molecule has 0 aliphatic carbocycles. The van der Waals surface area contributed by atoms with E-state index in [9.17, 15) is 0 Å². The Balaban J connectivity index is 0.000000243. The minimum Gasteiger partial charge on any atom is -0.385 e. The molecule has 0 spiro atoms. The van der Waals surface area contributed by atoms with Gasteiger partial charge in [-0.3, -0.25) is 0 Å². The van der Waals surface area contributed by atoms with Gasteiger partial charge in [0.1, 0.15) is 20.6 Å². The van der Waals surface area contributed by atoms with Crippen LogP contribution in [0.5, 0.6) is 0 Å². The Morgan fingerprint density at radius 2 is 1.46 bits per heavy atom. The lowest BCUT2D eigenvalue weighted by atomic mass is 10.2. The molecule has 2 heterocycles. The number of hydrogen-bond acceptors (Lipinski definition) is 5. The van der Waals surface area contributed by atoms with E-state index in [1.54, 1.807) is 12.1 Å². The van der Waals surface area contributed by atoms with E-state index in [1.165, 1.54) is 6.21 Å². The van der Waals surface area contributed by atoms with Crippen molar-refractivity contribution in [3.8, 4) is 0 Å². The molecule has 0 atom stereocenters. The smallest absolute Gasteiger partial charge is 0.141 e. The van der Waals surface area contributed by atoms with Crippen LogP contribution in [0.2, 0.25) is 20.6 Å². The van der Waals surface area contributed by atoms with E-state index < -0.39 is 0 Å². The molecule has 2 aromatic heterocycles. The van der Waals surface area contributed by atoms with Gasteiger partial charge in [0.2, 0.25) is 0 Å². The molecule has 0 aliphatic heterocycles. The number of aromatic nitrogens is 2. The highest BCUT2D eigenvalue weighted by atomic mass is 35.5. The van der Waals surface area contributed by atoms with Crippen LogP contribution in [-0.2, 0) is 0 Å². The van der Waals surface area contributed by atoms with Crippen molar-refractivity contribution in [2.75, 3.05) is 11.9 Å². The Labute approximate surface area is 160 Å². The second kappa shape index (κ2) is 9.79. The second-order valence-electron chi connectivity index (χ2n) is 4.48. The van der Waals surface area contributed by atoms with Gasteiger partial charge >= 0.3 is 0 Å². The molecule has 0 saturated carbocycles. The van der Waals surface area contributed by atoms with E-state index in [1.807, 2.05) is 13.8 Å². The van der Waals surface area contributed by atoms with Crippen LogP contribution >= 0.6 is 46.4 Å². The number of aryl methyl sites for hydroxylation is 1. The average Bonchev–Trinajstić information content (AvgIpc) is 2.47. The van der Waals surface area contributed by atoms with E-state index in [4.69, 9.17) is 57.2 Å². The summed E-state index contributed by atoms with van der Waals surface area (Å²) in [6.07, 6.45) is 2.32. The van der Waals surface area contributed by atoms with Crippen LogP contribution in [0.25, 0.3) is 0 Å². The van der Waals surface area contributed by atoms with Gasteiger partial charge in [0.15, 0.2) is 0 Å². The molecule has 24 heavy (non-hydrogen) atoms. The molecule has 0 saturated heterocycles. The maximum absolute atomic E-state index is 7.14. The summed E-state index contributed by atoms with van der Waals surface area (Å²) < 4.78 is 0. The molecular formula is C15H15Cl4N5. The van der Waals surface area contributed by atoms with Gasteiger partial charge in [-0.2, -0.15) is 0 Å². The standard InChI is InChI=1S/C8H9Cl2N3.C7H6Cl2N2/c1-2-12-6-3-7(9)13-8(10)5(6)4-11;1-4-2-6(8)11-7(9)5(4)3-10/h3-4,11H,2H2,1H3,(H,12,13);2-3,10H,1H3. The normalized spacial score (nSPS) is 9.75. The Morgan fingerprint density at radius 1 is 0.958 bits per heavy atom. The van der Waals surface area contributed by atoms with Gasteiger partial charge in [-0.05, 0) is 31.5 Å². The van der Waals surface area contributed by atoms with Crippen LogP contribution in [0.1, 0.15) is 23.6 Å². The van der Waals surface area contributed by atoms with E-state index in [-0.39, 0.29) is 10.3 Å². The van der Waals surface area contributed by atoms with E-state index in [0.29, 0.717) is 21.4 Å². The number of pyridine rings is 2. The first-order valence-electron chi connectivity index (χ1n) is 6.77. The average molecular weight is 407 g/mol. The van der Waals surface area contributed by atoms with Crippen molar-refractivity contribution in [2.24, 2.45) is 0 Å². The number of anilines is 1. The topological polar surface area (TPSA) is 85.5 Å². The van der Waals surface area contributed by atoms with Crippen molar-refractivity contribution >= 4 is 64.5 Å². The summed E-state index contributed by atoms with van der Waals surface area (Å²) in [5, 5.41) is 18.4. The van der Waals surface area contributed by atoms with Crippen molar-refractivity contribution in [1.82, 2.24) is 9.97 Å². The van der Waals surface area contributed by atoms with Crippen molar-refractivity contribution in [1.29, 1.82) is 10.8 Å². The number of hydrogen-bond donors (Lipinski definition) is 3. The van der Waals surface area contributed by atoms with Crippen LogP contribution in [0.3, 0.4) is 0 Å². The molecule has 0 aliphatic rings. The van der Waals surface area contributed by atoms with E-state index >= 15 is 0 Å². The number of rotatable bonds is 4. The first kappa shape index (κ1) is 20.6. The van der Waals surface area contributed by atoms with Gasteiger partial charge < -0.3 is 16.1 Å². The lowest BCUT2D eigenvalue weighted by Crippen LogP contribution is -2.02. The van der Waals surface area contributed by atoms with Gasteiger partial charge in [0, 0.05) is 30.2 Å². The van der Waals surface area contributed by atoms with E-state index in [2.05, 4.69) is 15.3 Å². The van der Waals surface area contributed by atoms with Gasteiger partial charge in [-0.25, -0.2) is 9.97 Å². The van der Waals surface area contributed by atoms with Crippen LogP contribution < -0.4 is 5.32 Å². The Morgan fingerprint density at radius 3 is 1.92 bits per heavy atom. The maximum Gasteiger partial charge on any atom is 0.141 e. The molecule has 9 heteroatoms. The van der Waals surface area contributed by atoms with E-state index in [0.717, 1.165) is 24.0 Å². The highest BCUT2D eigenvalue weighted by molar-refractivity contribution is 6.35. The largest absolute Gasteiger partial charge is 0.385 e. The summed E-state index contributed by atoms with van der Waals surface area (Å²) in [6, 6.07) is 3.32. The lowest BCUT2D eigenvalue weighted by molar-refractivity contribution is 1.19. The predicted molar refractivity (Wildman–Crippen MR) is 103 cm³/mol. The van der Waals surface area contributed by atoms with Gasteiger partial charge in [0.05, 0.1) is 5.56 Å². The molecule has 0 aromatic carbocycles. The summed E-state index contributed by atoms with van der Waals surface area (Å²) in [5.74, 6) is 0. The first-order chi connectivity index (χ1) is 11.3. The van der Waals surface area contributed by atoms with Crippen LogP contribution in [0.15, 0.2) is 12.1 Å². The summed E-state index contributed by atoms with van der Waals surface area (Å²) in [4.78, 5) is 7.61. The minimum atomic E-state index is 0.249. The number of nitrogens with one attached hydrogen (secondary N) is 3. The fourth-order valence-electron chi connectivity index (χ4n) is 1.75. The monoisotopic (exact) mass is 405 g/mol. The third kappa shape index (κ3) is 5.60. The van der Waals surface area contributed by atoms with Crippen LogP contribution in [0.4, 0.5) is 5.69 Å². The fourth-order valence-corrected chi connectivity index (χ4v) is 2.82. The summed E-state index contributed by atoms with van der Waals surface area (Å²) >= 11 is 22.8. The lowest BCUT2D eigenvalue weighted by Gasteiger charge is -2.08. The quantitative estimate of drug-likeness (QED) is 0.462. The molecule has 128 valence electrons. The third-order valence-corrected chi connectivity index (χ3v) is 3.79. The number of nitrogens with zero attached hydrogens (tertiary/aromatic N) is 2. The molecule has 0 radical (unpaired) electrons. The molecule has 2 rings (SSSR count). The Bertz CT molecular complexity index is 726. The molecule has 0 bridgehead atoms. The summed E-state index contributed by atoms with van der Waals surface area (Å²) in [5.41, 5.74) is 2.79. The highest BCUT2D eigenvalue weighted by Crippen LogP contribution is 2.24. The molecular weight excluding hydrogens is 392 g/mol. The molecule has 5 nitrogen and oxygen atoms in total. The van der Waals surface area contributed by atoms with Crippen molar-refractivity contribution in [3.63, 3.8) is 0 Å². The zero-order valence-electron chi connectivity index (χ0n) is 12.9. The predicted octanol–water partition coefficient (Wildman–Crippen LogP) is 5.51. The zero-order chi connectivity index (χ0) is 18.3. The Hall–Kier alpha value is -1.40. The van der Waals surface area contributed by atoms with Crippen molar-refractivity contribution < 1.29 is 0 Å². The van der Waals surface area contributed by atoms with Crippen molar-refractivity contribution in [2.45, 2.75) is 13.8 Å². The van der Waals surface area contributed by atoms with Crippen molar-refractivity contribution in [3.05, 3.63) is 49.4 Å². The van der Waals surface area contributed by atoms with Crippen LogP contribution in [0, 0.1) is 17.7 Å². The van der Waals surface area contributed by atoms with Gasteiger partial charge in [0.25, 0.3) is 0 Å². The first-order valence-corrected chi connectivity index (χ1v) is 8.28. The number of halogens is 4. The molecule has 3 N–H and O–H groups in total. The molecule has 2 aromatic rings. The van der Waals surface area contributed by atoms with Crippen LogP contribution in [-0.4, -0.2) is 28.9 Å². The molecule has 0 amide bonds.